The molecule has 0 fully saturated rings. The summed E-state index contributed by atoms with van der Waals surface area (Å²) in [7, 11) is 0. The molecule has 0 aromatic carbocycles. The molecule has 3 aromatic heterocycles. The van der Waals surface area contributed by atoms with Crippen LogP contribution in [0.2, 0.25) is 0 Å². The maximum absolute atomic E-state index is 12.8. The van der Waals surface area contributed by atoms with Gasteiger partial charge in [0, 0.05) is 37.9 Å². The number of thiophene rings is 1. The predicted molar refractivity (Wildman–Crippen MR) is 84.8 cm³/mol. The number of amides is 1. The number of carbonyl (C=O) groups is 1. The lowest BCUT2D eigenvalue weighted by atomic mass is 10.1. The van der Waals surface area contributed by atoms with Gasteiger partial charge in [-0.15, -0.1) is 11.3 Å². The van der Waals surface area contributed by atoms with Crippen molar-refractivity contribution in [3.05, 3.63) is 53.3 Å². The van der Waals surface area contributed by atoms with E-state index in [0.717, 1.165) is 23.8 Å². The molecule has 7 nitrogen and oxygen atoms in total. The van der Waals surface area contributed by atoms with Gasteiger partial charge in [-0.05, 0) is 11.4 Å². The molecule has 23 heavy (non-hydrogen) atoms. The lowest BCUT2D eigenvalue weighted by Gasteiger charge is -2.23. The van der Waals surface area contributed by atoms with Gasteiger partial charge in [-0.2, -0.15) is 5.10 Å². The molecule has 1 atom stereocenters. The Morgan fingerprint density at radius 3 is 3.13 bits per heavy atom. The fourth-order valence-electron chi connectivity index (χ4n) is 2.96. The number of hydrogen-bond acceptors (Lipinski definition) is 5. The first-order valence-electron chi connectivity index (χ1n) is 7.45. The Labute approximate surface area is 137 Å². The summed E-state index contributed by atoms with van der Waals surface area (Å²) >= 11 is 1.48. The molecular formula is C15H16N6OS. The summed E-state index contributed by atoms with van der Waals surface area (Å²) in [6.07, 6.45) is 7.02. The largest absolute Gasteiger partial charge is 0.333 e. The molecule has 0 bridgehead atoms. The highest BCUT2D eigenvalue weighted by Crippen LogP contribution is 2.20. The van der Waals surface area contributed by atoms with Crippen LogP contribution in [0, 0.1) is 5.92 Å². The number of nitrogens with zero attached hydrogens (tertiary/aromatic N) is 6. The molecule has 0 N–H and O–H groups in total. The fourth-order valence-corrected chi connectivity index (χ4v) is 3.65. The Hall–Kier alpha value is -2.48. The first-order valence-corrected chi connectivity index (χ1v) is 8.33. The Morgan fingerprint density at radius 1 is 1.39 bits per heavy atom. The quantitative estimate of drug-likeness (QED) is 0.731. The van der Waals surface area contributed by atoms with Crippen molar-refractivity contribution in [2.45, 2.75) is 19.6 Å². The number of aromatic nitrogens is 5. The second-order valence-corrected chi connectivity index (χ2v) is 6.59. The number of fused-ring (bicyclic) bond motifs is 1. The van der Waals surface area contributed by atoms with Gasteiger partial charge >= 0.3 is 0 Å². The van der Waals surface area contributed by atoms with E-state index in [4.69, 9.17) is 0 Å². The van der Waals surface area contributed by atoms with Crippen molar-refractivity contribution >= 4 is 17.2 Å². The average Bonchev–Trinajstić information content (AvgIpc) is 3.28. The second-order valence-electron chi connectivity index (χ2n) is 5.64. The molecule has 1 amide bonds. The minimum absolute atomic E-state index is 0.0695. The highest BCUT2D eigenvalue weighted by molar-refractivity contribution is 7.12. The number of carbonyl (C=O) groups excluding carboxylic acids is 1. The predicted octanol–water partition coefficient (Wildman–Crippen LogP) is 1.51. The zero-order chi connectivity index (χ0) is 15.6. The molecule has 0 spiro atoms. The van der Waals surface area contributed by atoms with E-state index in [9.17, 15) is 4.79 Å². The van der Waals surface area contributed by atoms with Gasteiger partial charge in [0.05, 0.1) is 11.4 Å². The summed E-state index contributed by atoms with van der Waals surface area (Å²) in [5.41, 5.74) is 0. The van der Waals surface area contributed by atoms with E-state index in [1.807, 2.05) is 33.3 Å². The molecule has 0 saturated heterocycles. The molecule has 1 aliphatic rings. The van der Waals surface area contributed by atoms with Crippen molar-refractivity contribution in [3.8, 4) is 0 Å². The van der Waals surface area contributed by atoms with Crippen LogP contribution in [-0.4, -0.2) is 41.7 Å². The van der Waals surface area contributed by atoms with Crippen molar-refractivity contribution in [1.29, 1.82) is 0 Å². The van der Waals surface area contributed by atoms with E-state index in [-0.39, 0.29) is 11.8 Å². The summed E-state index contributed by atoms with van der Waals surface area (Å²) in [5, 5.41) is 6.11. The van der Waals surface area contributed by atoms with Crippen molar-refractivity contribution in [1.82, 2.24) is 29.2 Å². The lowest BCUT2D eigenvalue weighted by molar-refractivity contribution is 0.0717. The Balaban J connectivity index is 1.60. The normalized spacial score (nSPS) is 17.7. The highest BCUT2D eigenvalue weighted by atomic mass is 32.1. The van der Waals surface area contributed by atoms with Crippen LogP contribution >= 0.6 is 11.3 Å². The number of rotatable bonds is 3. The third-order valence-corrected chi connectivity index (χ3v) is 4.86. The fraction of sp³-hybridized carbons (Fsp3) is 0.333. The SMILES string of the molecule is O=C(c1cccs1)N1Cc2nccn2C[C@@H](Cn2cncn2)C1. The van der Waals surface area contributed by atoms with E-state index in [0.29, 0.717) is 13.1 Å². The number of imidazole rings is 1. The van der Waals surface area contributed by atoms with Gasteiger partial charge < -0.3 is 9.47 Å². The molecule has 4 rings (SSSR count). The van der Waals surface area contributed by atoms with Crippen LogP contribution in [0.3, 0.4) is 0 Å². The zero-order valence-corrected chi connectivity index (χ0v) is 13.3. The van der Waals surface area contributed by atoms with Crippen LogP contribution < -0.4 is 0 Å². The van der Waals surface area contributed by atoms with E-state index >= 15 is 0 Å². The minimum atomic E-state index is 0.0695. The molecular weight excluding hydrogens is 312 g/mol. The Bertz CT molecular complexity index is 779. The maximum atomic E-state index is 12.8. The molecule has 0 aliphatic carbocycles. The first-order chi connectivity index (χ1) is 11.3. The van der Waals surface area contributed by atoms with Gasteiger partial charge in [0.15, 0.2) is 0 Å². The van der Waals surface area contributed by atoms with E-state index < -0.39 is 0 Å². The van der Waals surface area contributed by atoms with Crippen molar-refractivity contribution in [3.63, 3.8) is 0 Å². The number of hydrogen-bond donors (Lipinski definition) is 0. The van der Waals surface area contributed by atoms with Crippen molar-refractivity contribution in [2.24, 2.45) is 5.92 Å². The lowest BCUT2D eigenvalue weighted by Crippen LogP contribution is -2.35. The van der Waals surface area contributed by atoms with Crippen molar-refractivity contribution in [2.75, 3.05) is 6.54 Å². The van der Waals surface area contributed by atoms with Gasteiger partial charge in [0.2, 0.25) is 0 Å². The summed E-state index contributed by atoms with van der Waals surface area (Å²) < 4.78 is 3.95. The summed E-state index contributed by atoms with van der Waals surface area (Å²) in [4.78, 5) is 23.8. The molecule has 0 radical (unpaired) electrons. The van der Waals surface area contributed by atoms with Crippen LogP contribution in [0.1, 0.15) is 15.5 Å². The minimum Gasteiger partial charge on any atom is -0.333 e. The highest BCUT2D eigenvalue weighted by Gasteiger charge is 2.27. The molecule has 1 aliphatic heterocycles. The van der Waals surface area contributed by atoms with Crippen LogP contribution in [-0.2, 0) is 19.6 Å². The molecule has 8 heteroatoms. The zero-order valence-electron chi connectivity index (χ0n) is 12.4. The topological polar surface area (TPSA) is 68.8 Å². The monoisotopic (exact) mass is 328 g/mol. The van der Waals surface area contributed by atoms with Crippen LogP contribution in [0.4, 0.5) is 0 Å². The first kappa shape index (κ1) is 14.1. The Kier molecular flexibility index (Phi) is 3.66. The average molecular weight is 328 g/mol. The van der Waals surface area contributed by atoms with Crippen LogP contribution in [0.25, 0.3) is 0 Å². The third kappa shape index (κ3) is 2.89. The molecule has 0 saturated carbocycles. The van der Waals surface area contributed by atoms with Gasteiger partial charge in [-0.3, -0.25) is 9.48 Å². The van der Waals surface area contributed by atoms with E-state index in [1.54, 1.807) is 12.5 Å². The molecule has 3 aromatic rings. The molecule has 118 valence electrons. The maximum Gasteiger partial charge on any atom is 0.264 e. The summed E-state index contributed by atoms with van der Waals surface area (Å²) in [6.45, 7) is 2.77. The smallest absolute Gasteiger partial charge is 0.264 e. The summed E-state index contributed by atoms with van der Waals surface area (Å²) in [6, 6.07) is 3.78. The van der Waals surface area contributed by atoms with Crippen LogP contribution in [0.5, 0.6) is 0 Å². The van der Waals surface area contributed by atoms with Gasteiger partial charge in [0.25, 0.3) is 5.91 Å². The second kappa shape index (κ2) is 5.96. The standard InChI is InChI=1S/C15H16N6OS/c22-15(13-2-1-5-23-13)20-7-12(8-21-11-16-10-18-21)6-19-4-3-17-14(19)9-20/h1-5,10-12H,6-9H2/t12-/m1/s1. The molecule has 0 unspecified atom stereocenters. The van der Waals surface area contributed by atoms with Gasteiger partial charge in [-0.1, -0.05) is 6.07 Å². The van der Waals surface area contributed by atoms with Crippen molar-refractivity contribution < 1.29 is 4.79 Å². The summed E-state index contributed by atoms with van der Waals surface area (Å²) in [5.74, 6) is 1.26. The third-order valence-electron chi connectivity index (χ3n) is 4.00. The molecule has 4 heterocycles. The van der Waals surface area contributed by atoms with Gasteiger partial charge in [0.1, 0.15) is 18.5 Å². The van der Waals surface area contributed by atoms with Crippen LogP contribution in [0.15, 0.2) is 42.6 Å². The Morgan fingerprint density at radius 2 is 2.35 bits per heavy atom. The van der Waals surface area contributed by atoms with Gasteiger partial charge in [-0.25, -0.2) is 9.97 Å². The van der Waals surface area contributed by atoms with E-state index in [2.05, 4.69) is 19.6 Å². The van der Waals surface area contributed by atoms with E-state index in [1.165, 1.54) is 17.7 Å².